The van der Waals surface area contributed by atoms with E-state index < -0.39 is 5.91 Å². The lowest BCUT2D eigenvalue weighted by molar-refractivity contribution is -0.111. The minimum absolute atomic E-state index is 0.0394. The van der Waals surface area contributed by atoms with Gasteiger partial charge < -0.3 is 11.3 Å². The standard InChI is InChI=1S/C5H5N5O/c1-2-3(8-7)4(5(6)11)10-9-2/h1H3,(H2,6,11). The zero-order valence-corrected chi connectivity index (χ0v) is 5.77. The second-order valence-corrected chi connectivity index (χ2v) is 1.95. The number of hydrogen-bond acceptors (Lipinski definition) is 3. The molecule has 6 nitrogen and oxygen atoms in total. The lowest BCUT2D eigenvalue weighted by atomic mass is 10.2. The summed E-state index contributed by atoms with van der Waals surface area (Å²) in [5.41, 5.74) is 13.6. The minimum Gasteiger partial charge on any atom is -0.364 e. The number of carbonyl (C=O) groups excluding carboxylic acids is 1. The quantitative estimate of drug-likeness (QED) is 0.375. The van der Waals surface area contributed by atoms with Crippen LogP contribution in [0.3, 0.4) is 0 Å². The van der Waals surface area contributed by atoms with Gasteiger partial charge in [0.25, 0.3) is 5.91 Å². The van der Waals surface area contributed by atoms with Crippen LogP contribution in [0, 0.1) is 0 Å². The van der Waals surface area contributed by atoms with E-state index in [4.69, 9.17) is 11.3 Å². The van der Waals surface area contributed by atoms with E-state index in [-0.39, 0.29) is 11.4 Å². The van der Waals surface area contributed by atoms with Crippen LogP contribution in [-0.2, 0) is 4.79 Å². The fourth-order valence-electron chi connectivity index (χ4n) is 0.677. The van der Waals surface area contributed by atoms with Gasteiger partial charge in [-0.1, -0.05) is 0 Å². The Morgan fingerprint density at radius 2 is 2.27 bits per heavy atom. The number of hydrogen-bond donors (Lipinski definition) is 1. The Balaban J connectivity index is 3.11. The smallest absolute Gasteiger partial charge is 0.364 e. The second kappa shape index (κ2) is 2.43. The highest BCUT2D eigenvalue weighted by molar-refractivity contribution is 6.81. The van der Waals surface area contributed by atoms with Crippen LogP contribution in [0.25, 0.3) is 5.53 Å². The summed E-state index contributed by atoms with van der Waals surface area (Å²) in [6, 6.07) is 0. The van der Waals surface area contributed by atoms with Crippen LogP contribution >= 0.6 is 0 Å². The molecule has 0 aromatic carbocycles. The van der Waals surface area contributed by atoms with Gasteiger partial charge in [-0.25, -0.2) is 0 Å². The van der Waals surface area contributed by atoms with Gasteiger partial charge >= 0.3 is 5.71 Å². The zero-order valence-electron chi connectivity index (χ0n) is 5.77. The van der Waals surface area contributed by atoms with E-state index >= 15 is 0 Å². The van der Waals surface area contributed by atoms with Crippen molar-refractivity contribution in [1.29, 1.82) is 0 Å². The monoisotopic (exact) mass is 151 g/mol. The van der Waals surface area contributed by atoms with Crippen LogP contribution in [0.2, 0.25) is 0 Å². The van der Waals surface area contributed by atoms with Crippen molar-refractivity contribution in [3.05, 3.63) is 5.53 Å². The van der Waals surface area contributed by atoms with E-state index in [1.807, 2.05) is 0 Å². The average Bonchev–Trinajstić information content (AvgIpc) is 2.30. The van der Waals surface area contributed by atoms with Crippen LogP contribution in [-0.4, -0.2) is 27.8 Å². The fourth-order valence-corrected chi connectivity index (χ4v) is 0.677. The molecule has 0 unspecified atom stereocenters. The SMILES string of the molecule is CC1=NN=C(C(N)=O)C1=[N+]=[N-]. The maximum absolute atomic E-state index is 10.5. The Kier molecular flexibility index (Phi) is 1.61. The third-order valence-corrected chi connectivity index (χ3v) is 1.20. The van der Waals surface area contributed by atoms with Crippen molar-refractivity contribution >= 4 is 23.0 Å². The summed E-state index contributed by atoms with van der Waals surface area (Å²) in [6.45, 7) is 1.56. The molecule has 0 aromatic rings. The molecule has 1 aliphatic heterocycles. The number of amides is 1. The summed E-state index contributed by atoms with van der Waals surface area (Å²) in [7, 11) is 0. The lowest BCUT2D eigenvalue weighted by Crippen LogP contribution is -2.32. The van der Waals surface area contributed by atoms with Crippen LogP contribution in [0.4, 0.5) is 0 Å². The number of rotatable bonds is 1. The Morgan fingerprint density at radius 1 is 1.64 bits per heavy atom. The van der Waals surface area contributed by atoms with Crippen LogP contribution in [0.1, 0.15) is 6.92 Å². The average molecular weight is 151 g/mol. The third kappa shape index (κ3) is 1.06. The molecule has 0 bridgehead atoms. The van der Waals surface area contributed by atoms with Crippen LogP contribution in [0.15, 0.2) is 10.2 Å². The summed E-state index contributed by atoms with van der Waals surface area (Å²) in [4.78, 5) is 13.4. The van der Waals surface area contributed by atoms with Crippen molar-refractivity contribution < 1.29 is 9.58 Å². The topological polar surface area (TPSA) is 104 Å². The van der Waals surface area contributed by atoms with Crippen molar-refractivity contribution in [3.8, 4) is 0 Å². The summed E-state index contributed by atoms with van der Waals surface area (Å²) in [5, 5.41) is 6.91. The molecule has 0 aliphatic carbocycles. The van der Waals surface area contributed by atoms with Gasteiger partial charge in [-0.05, 0) is 6.92 Å². The first-order chi connectivity index (χ1) is 5.16. The van der Waals surface area contributed by atoms with Gasteiger partial charge in [0.15, 0.2) is 5.71 Å². The molecule has 0 radical (unpaired) electrons. The van der Waals surface area contributed by atoms with Gasteiger partial charge in [0, 0.05) is 0 Å². The molecule has 1 heterocycles. The number of carbonyl (C=O) groups is 1. The van der Waals surface area contributed by atoms with Crippen LogP contribution in [0.5, 0.6) is 0 Å². The summed E-state index contributed by atoms with van der Waals surface area (Å²) in [6.07, 6.45) is 0. The van der Waals surface area contributed by atoms with Gasteiger partial charge in [0.05, 0.1) is 0 Å². The molecular weight excluding hydrogens is 146 g/mol. The summed E-state index contributed by atoms with van der Waals surface area (Å²) < 4.78 is 0. The lowest BCUT2D eigenvalue weighted by Gasteiger charge is -1.83. The van der Waals surface area contributed by atoms with E-state index in [2.05, 4.69) is 15.0 Å². The molecular formula is C5H5N5O. The van der Waals surface area contributed by atoms with E-state index in [0.717, 1.165) is 0 Å². The zero-order chi connectivity index (χ0) is 8.43. The molecule has 0 atom stereocenters. The minimum atomic E-state index is -0.751. The first-order valence-electron chi connectivity index (χ1n) is 2.81. The first kappa shape index (κ1) is 7.30. The molecule has 0 aromatic heterocycles. The maximum Gasteiger partial charge on any atom is 0.371 e. The number of nitrogens with two attached hydrogens (primary N) is 1. The highest BCUT2D eigenvalue weighted by atomic mass is 16.1. The molecule has 1 amide bonds. The second-order valence-electron chi connectivity index (χ2n) is 1.95. The Hall–Kier alpha value is -1.81. The van der Waals surface area contributed by atoms with Crippen molar-refractivity contribution in [2.24, 2.45) is 15.9 Å². The predicted octanol–water partition coefficient (Wildman–Crippen LogP) is -1.03. The van der Waals surface area contributed by atoms with Crippen molar-refractivity contribution in [2.75, 3.05) is 0 Å². The summed E-state index contributed by atoms with van der Waals surface area (Å²) >= 11 is 0. The van der Waals surface area contributed by atoms with Crippen molar-refractivity contribution in [1.82, 2.24) is 0 Å². The molecule has 6 heteroatoms. The van der Waals surface area contributed by atoms with Gasteiger partial charge in [-0.15, -0.1) is 10.2 Å². The number of nitrogens with zero attached hydrogens (tertiary/aromatic N) is 4. The van der Waals surface area contributed by atoms with E-state index in [1.165, 1.54) is 0 Å². The predicted molar refractivity (Wildman–Crippen MR) is 38.4 cm³/mol. The Labute approximate surface area is 62.0 Å². The first-order valence-corrected chi connectivity index (χ1v) is 2.81. The highest BCUT2D eigenvalue weighted by Crippen LogP contribution is 1.96. The molecule has 0 saturated heterocycles. The maximum atomic E-state index is 10.5. The van der Waals surface area contributed by atoms with E-state index in [9.17, 15) is 4.79 Å². The number of primary amides is 1. The van der Waals surface area contributed by atoms with Gasteiger partial charge in [0.2, 0.25) is 5.71 Å². The molecule has 1 aliphatic rings. The largest absolute Gasteiger partial charge is 0.371 e. The van der Waals surface area contributed by atoms with Crippen LogP contribution < -0.4 is 5.73 Å². The van der Waals surface area contributed by atoms with E-state index in [0.29, 0.717) is 5.71 Å². The van der Waals surface area contributed by atoms with Crippen molar-refractivity contribution in [3.63, 3.8) is 0 Å². The van der Waals surface area contributed by atoms with Gasteiger partial charge in [-0.2, -0.15) is 4.79 Å². The molecule has 2 N–H and O–H groups in total. The molecule has 1 rings (SSSR count). The highest BCUT2D eigenvalue weighted by Gasteiger charge is 2.30. The molecule has 0 fully saturated rings. The molecule has 0 spiro atoms. The van der Waals surface area contributed by atoms with Gasteiger partial charge in [-0.3, -0.25) is 4.79 Å². The van der Waals surface area contributed by atoms with E-state index in [1.54, 1.807) is 6.92 Å². The Bertz CT molecular complexity index is 320. The normalized spacial score (nSPS) is 15.5. The Morgan fingerprint density at radius 3 is 2.64 bits per heavy atom. The molecule has 11 heavy (non-hydrogen) atoms. The molecule has 0 saturated carbocycles. The fraction of sp³-hybridized carbons (Fsp3) is 0.200. The van der Waals surface area contributed by atoms with Gasteiger partial charge in [0.1, 0.15) is 0 Å². The summed E-state index contributed by atoms with van der Waals surface area (Å²) in [5.74, 6) is -0.751. The third-order valence-electron chi connectivity index (χ3n) is 1.20. The molecule has 56 valence electrons. The van der Waals surface area contributed by atoms with Crippen molar-refractivity contribution in [2.45, 2.75) is 6.92 Å².